The molecule has 0 spiro atoms. The molecule has 0 bridgehead atoms. The lowest BCUT2D eigenvalue weighted by atomic mass is 9.83. The lowest BCUT2D eigenvalue weighted by Crippen LogP contribution is -2.31. The molecule has 1 N–H and O–H groups in total. The van der Waals surface area contributed by atoms with Crippen LogP contribution in [0, 0.1) is 24.2 Å². The van der Waals surface area contributed by atoms with Crippen LogP contribution in [0.1, 0.15) is 50.2 Å². The predicted octanol–water partition coefficient (Wildman–Crippen LogP) is 4.25. The molecule has 18 heavy (non-hydrogen) atoms. The highest BCUT2D eigenvalue weighted by molar-refractivity contribution is 5.52. The highest BCUT2D eigenvalue weighted by Gasteiger charge is 2.23. The maximum Gasteiger partial charge on any atom is 0.0994 e. The summed E-state index contributed by atoms with van der Waals surface area (Å²) in [4.78, 5) is 0. The maximum atomic E-state index is 8.94. The van der Waals surface area contributed by atoms with E-state index in [1.165, 1.54) is 32.1 Å². The number of hydrogen-bond donors (Lipinski definition) is 1. The van der Waals surface area contributed by atoms with Crippen molar-refractivity contribution in [2.24, 2.45) is 5.92 Å². The van der Waals surface area contributed by atoms with Crippen molar-refractivity contribution in [2.75, 3.05) is 5.32 Å². The van der Waals surface area contributed by atoms with Crippen LogP contribution >= 0.6 is 0 Å². The number of nitriles is 1. The topological polar surface area (TPSA) is 35.8 Å². The molecule has 96 valence electrons. The Morgan fingerprint density at radius 3 is 2.78 bits per heavy atom. The van der Waals surface area contributed by atoms with E-state index in [1.54, 1.807) is 0 Å². The Morgan fingerprint density at radius 1 is 1.33 bits per heavy atom. The van der Waals surface area contributed by atoms with Crippen molar-refractivity contribution in [3.8, 4) is 6.07 Å². The van der Waals surface area contributed by atoms with Crippen LogP contribution in [0.15, 0.2) is 18.2 Å². The summed E-state index contributed by atoms with van der Waals surface area (Å²) >= 11 is 0. The third-order valence-electron chi connectivity index (χ3n) is 4.13. The van der Waals surface area contributed by atoms with Gasteiger partial charge in [-0.15, -0.1) is 0 Å². The first-order valence-electron chi connectivity index (χ1n) is 7.02. The first-order valence-corrected chi connectivity index (χ1v) is 7.02. The van der Waals surface area contributed by atoms with Gasteiger partial charge in [0, 0.05) is 11.7 Å². The number of anilines is 1. The quantitative estimate of drug-likeness (QED) is 0.860. The van der Waals surface area contributed by atoms with E-state index in [2.05, 4.69) is 24.4 Å². The van der Waals surface area contributed by atoms with Crippen molar-refractivity contribution in [2.45, 2.75) is 52.0 Å². The Bertz CT molecular complexity index is 445. The van der Waals surface area contributed by atoms with Gasteiger partial charge in [-0.2, -0.15) is 5.26 Å². The van der Waals surface area contributed by atoms with Gasteiger partial charge in [0.25, 0.3) is 0 Å². The Labute approximate surface area is 110 Å². The van der Waals surface area contributed by atoms with E-state index >= 15 is 0 Å². The van der Waals surface area contributed by atoms with Crippen molar-refractivity contribution in [1.82, 2.24) is 0 Å². The third-order valence-corrected chi connectivity index (χ3v) is 4.13. The van der Waals surface area contributed by atoms with Gasteiger partial charge in [0.1, 0.15) is 0 Å². The second-order valence-electron chi connectivity index (χ2n) is 5.35. The first-order chi connectivity index (χ1) is 8.74. The standard InChI is InChI=1S/C16H22N2/c1-3-13-6-4-5-7-16(13)18-15-9-8-14(11-17)12(2)10-15/h8-10,13,16,18H,3-7H2,1-2H3. The van der Waals surface area contributed by atoms with Crippen LogP contribution in [0.2, 0.25) is 0 Å². The molecule has 0 saturated heterocycles. The average molecular weight is 242 g/mol. The Kier molecular flexibility index (Phi) is 4.25. The summed E-state index contributed by atoms with van der Waals surface area (Å²) in [6.45, 7) is 4.29. The van der Waals surface area contributed by atoms with Crippen LogP contribution in [-0.2, 0) is 0 Å². The molecule has 1 saturated carbocycles. The van der Waals surface area contributed by atoms with Gasteiger partial charge in [-0.25, -0.2) is 0 Å². The largest absolute Gasteiger partial charge is 0.382 e. The lowest BCUT2D eigenvalue weighted by molar-refractivity contribution is 0.317. The van der Waals surface area contributed by atoms with Crippen molar-refractivity contribution in [1.29, 1.82) is 5.26 Å². The van der Waals surface area contributed by atoms with E-state index in [1.807, 2.05) is 19.1 Å². The molecule has 1 aliphatic rings. The summed E-state index contributed by atoms with van der Waals surface area (Å²) in [7, 11) is 0. The molecule has 2 rings (SSSR count). The summed E-state index contributed by atoms with van der Waals surface area (Å²) < 4.78 is 0. The molecule has 1 aliphatic carbocycles. The van der Waals surface area contributed by atoms with E-state index in [0.717, 1.165) is 22.7 Å². The van der Waals surface area contributed by atoms with Crippen LogP contribution < -0.4 is 5.32 Å². The fourth-order valence-electron chi connectivity index (χ4n) is 2.98. The van der Waals surface area contributed by atoms with Crippen molar-refractivity contribution in [3.05, 3.63) is 29.3 Å². The first kappa shape index (κ1) is 13.0. The molecule has 1 aromatic rings. The molecule has 0 amide bonds. The Morgan fingerprint density at radius 2 is 2.11 bits per heavy atom. The lowest BCUT2D eigenvalue weighted by Gasteiger charge is -2.32. The van der Waals surface area contributed by atoms with Gasteiger partial charge in [0.2, 0.25) is 0 Å². The van der Waals surface area contributed by atoms with E-state index in [0.29, 0.717) is 6.04 Å². The highest BCUT2D eigenvalue weighted by atomic mass is 14.9. The van der Waals surface area contributed by atoms with Crippen LogP contribution in [0.3, 0.4) is 0 Å². The normalized spacial score (nSPS) is 23.4. The second-order valence-corrected chi connectivity index (χ2v) is 5.35. The van der Waals surface area contributed by atoms with E-state index < -0.39 is 0 Å². The summed E-state index contributed by atoms with van der Waals surface area (Å²) in [5.74, 6) is 0.801. The molecular formula is C16H22N2. The summed E-state index contributed by atoms with van der Waals surface area (Å²) in [6, 6.07) is 8.88. The summed E-state index contributed by atoms with van der Waals surface area (Å²) in [6.07, 6.45) is 6.60. The average Bonchev–Trinajstić information content (AvgIpc) is 2.39. The molecule has 0 aromatic heterocycles. The number of rotatable bonds is 3. The van der Waals surface area contributed by atoms with E-state index in [9.17, 15) is 0 Å². The van der Waals surface area contributed by atoms with Crippen molar-refractivity contribution in [3.63, 3.8) is 0 Å². The zero-order valence-corrected chi connectivity index (χ0v) is 11.4. The van der Waals surface area contributed by atoms with Crippen molar-refractivity contribution < 1.29 is 0 Å². The summed E-state index contributed by atoms with van der Waals surface area (Å²) in [5, 5.41) is 12.6. The number of hydrogen-bond acceptors (Lipinski definition) is 2. The maximum absolute atomic E-state index is 8.94. The molecule has 2 heteroatoms. The number of nitrogens with zero attached hydrogens (tertiary/aromatic N) is 1. The Hall–Kier alpha value is -1.49. The number of benzene rings is 1. The van der Waals surface area contributed by atoms with Gasteiger partial charge < -0.3 is 5.32 Å². The highest BCUT2D eigenvalue weighted by Crippen LogP contribution is 2.29. The molecule has 0 heterocycles. The molecule has 2 atom stereocenters. The van der Waals surface area contributed by atoms with Gasteiger partial charge in [0.05, 0.1) is 11.6 Å². The minimum atomic E-state index is 0.607. The molecule has 0 radical (unpaired) electrons. The van der Waals surface area contributed by atoms with Gasteiger partial charge in [-0.1, -0.05) is 26.2 Å². The third kappa shape index (κ3) is 2.85. The Balaban J connectivity index is 2.08. The molecule has 1 aromatic carbocycles. The van der Waals surface area contributed by atoms with Crippen LogP contribution in [0.25, 0.3) is 0 Å². The summed E-state index contributed by atoms with van der Waals surface area (Å²) in [5.41, 5.74) is 3.00. The van der Waals surface area contributed by atoms with Gasteiger partial charge >= 0.3 is 0 Å². The zero-order valence-electron chi connectivity index (χ0n) is 11.4. The SMILES string of the molecule is CCC1CCCCC1Nc1ccc(C#N)c(C)c1. The van der Waals surface area contributed by atoms with E-state index in [-0.39, 0.29) is 0 Å². The second kappa shape index (κ2) is 5.91. The number of nitrogens with one attached hydrogen (secondary N) is 1. The molecule has 2 unspecified atom stereocenters. The number of aryl methyl sites for hydroxylation is 1. The van der Waals surface area contributed by atoms with Gasteiger partial charge in [0.15, 0.2) is 0 Å². The fourth-order valence-corrected chi connectivity index (χ4v) is 2.98. The van der Waals surface area contributed by atoms with E-state index in [4.69, 9.17) is 5.26 Å². The molecule has 1 fully saturated rings. The minimum Gasteiger partial charge on any atom is -0.382 e. The fraction of sp³-hybridized carbons (Fsp3) is 0.562. The van der Waals surface area contributed by atoms with Gasteiger partial charge in [-0.3, -0.25) is 0 Å². The molecule has 2 nitrogen and oxygen atoms in total. The van der Waals surface area contributed by atoms with Crippen molar-refractivity contribution >= 4 is 5.69 Å². The minimum absolute atomic E-state index is 0.607. The van der Waals surface area contributed by atoms with Crippen LogP contribution in [-0.4, -0.2) is 6.04 Å². The van der Waals surface area contributed by atoms with Gasteiger partial charge in [-0.05, 0) is 49.4 Å². The van der Waals surface area contributed by atoms with Crippen LogP contribution in [0.5, 0.6) is 0 Å². The van der Waals surface area contributed by atoms with Crippen LogP contribution in [0.4, 0.5) is 5.69 Å². The molecule has 0 aliphatic heterocycles. The molecular weight excluding hydrogens is 220 g/mol. The smallest absolute Gasteiger partial charge is 0.0994 e. The predicted molar refractivity (Wildman–Crippen MR) is 75.6 cm³/mol. The zero-order chi connectivity index (χ0) is 13.0. The monoisotopic (exact) mass is 242 g/mol.